The molecule has 0 heterocycles. The monoisotopic (exact) mass is 116 g/mol. The highest BCUT2D eigenvalue weighted by atomic mass is 15.5. The maximum atomic E-state index is 5.30. The number of rotatable bonds is 3. The van der Waals surface area contributed by atoms with Gasteiger partial charge in [0.15, 0.2) is 0 Å². The van der Waals surface area contributed by atoms with Crippen molar-refractivity contribution in [3.05, 3.63) is 0 Å². The smallest absolute Gasteiger partial charge is 0.121 e. The molecule has 0 aromatic carbocycles. The second kappa shape index (κ2) is 4.39. The molecule has 8 heavy (non-hydrogen) atoms. The third-order valence-electron chi connectivity index (χ3n) is 0.714. The lowest BCUT2D eigenvalue weighted by molar-refractivity contribution is 0.791. The number of nitrogens with zero attached hydrogens (tertiary/aromatic N) is 1. The fraction of sp³-hybridized carbons (Fsp3) is 0.750. The zero-order valence-corrected chi connectivity index (χ0v) is 5.02. The van der Waals surface area contributed by atoms with Crippen LogP contribution in [0, 0.1) is 0 Å². The fourth-order valence-electron chi connectivity index (χ4n) is 0.395. The van der Waals surface area contributed by atoms with Crippen molar-refractivity contribution in [2.24, 2.45) is 16.7 Å². The number of nitrogens with one attached hydrogen (secondary N) is 1. The second-order valence-electron chi connectivity index (χ2n) is 1.48. The number of hydrogen-bond donors (Lipinski definition) is 3. The van der Waals surface area contributed by atoms with E-state index in [0.717, 1.165) is 12.8 Å². The second-order valence-corrected chi connectivity index (χ2v) is 1.48. The van der Waals surface area contributed by atoms with Gasteiger partial charge in [-0.05, 0) is 6.42 Å². The van der Waals surface area contributed by atoms with Crippen LogP contribution in [-0.4, -0.2) is 5.84 Å². The van der Waals surface area contributed by atoms with E-state index in [-0.39, 0.29) is 0 Å². The lowest BCUT2D eigenvalue weighted by Crippen LogP contribution is -2.21. The van der Waals surface area contributed by atoms with Crippen LogP contribution in [0.15, 0.2) is 5.10 Å². The summed E-state index contributed by atoms with van der Waals surface area (Å²) in [6, 6.07) is 0. The van der Waals surface area contributed by atoms with Crippen molar-refractivity contribution < 1.29 is 0 Å². The third-order valence-corrected chi connectivity index (χ3v) is 0.714. The van der Waals surface area contributed by atoms with E-state index in [0.29, 0.717) is 5.84 Å². The first-order valence-corrected chi connectivity index (χ1v) is 2.59. The SMILES string of the molecule is CCC/C(N)=N/NN. The van der Waals surface area contributed by atoms with Crippen LogP contribution >= 0.6 is 0 Å². The molecule has 0 saturated carbocycles. The maximum absolute atomic E-state index is 5.30. The van der Waals surface area contributed by atoms with E-state index in [1.165, 1.54) is 0 Å². The van der Waals surface area contributed by atoms with E-state index in [1.807, 2.05) is 6.92 Å². The zero-order chi connectivity index (χ0) is 6.41. The standard InChI is InChI=1S/C4H12N4/c1-2-3-4(5)7-8-6/h8H,2-3,6H2,1H3,(H2,5,7). The van der Waals surface area contributed by atoms with Gasteiger partial charge < -0.3 is 5.73 Å². The lowest BCUT2D eigenvalue weighted by Gasteiger charge is -1.93. The molecule has 0 aromatic rings. The molecule has 4 nitrogen and oxygen atoms in total. The predicted octanol–water partition coefficient (Wildman–Crippen LogP) is -0.478. The van der Waals surface area contributed by atoms with Gasteiger partial charge in [-0.3, -0.25) is 0 Å². The number of hydrogen-bond acceptors (Lipinski definition) is 3. The Kier molecular flexibility index (Phi) is 3.97. The summed E-state index contributed by atoms with van der Waals surface area (Å²) >= 11 is 0. The predicted molar refractivity (Wildman–Crippen MR) is 33.9 cm³/mol. The van der Waals surface area contributed by atoms with Gasteiger partial charge in [-0.1, -0.05) is 6.92 Å². The van der Waals surface area contributed by atoms with Gasteiger partial charge in [0.25, 0.3) is 0 Å². The molecule has 0 aliphatic heterocycles. The molecule has 0 atom stereocenters. The first kappa shape index (κ1) is 7.23. The molecule has 0 saturated heterocycles. The number of amidine groups is 1. The third kappa shape index (κ3) is 3.42. The molecule has 0 unspecified atom stereocenters. The molecule has 0 bridgehead atoms. The summed E-state index contributed by atoms with van der Waals surface area (Å²) in [5.74, 6) is 5.39. The van der Waals surface area contributed by atoms with Gasteiger partial charge in [0.05, 0.1) is 0 Å². The molecule has 4 heteroatoms. The summed E-state index contributed by atoms with van der Waals surface area (Å²) in [5, 5.41) is 3.54. The van der Waals surface area contributed by atoms with Crippen molar-refractivity contribution in [3.8, 4) is 0 Å². The Bertz CT molecular complexity index is 78.1. The van der Waals surface area contributed by atoms with Crippen LogP contribution in [0.5, 0.6) is 0 Å². The van der Waals surface area contributed by atoms with Crippen LogP contribution in [0.4, 0.5) is 0 Å². The summed E-state index contributed by atoms with van der Waals surface area (Å²) in [4.78, 5) is 0. The van der Waals surface area contributed by atoms with Gasteiger partial charge in [0.2, 0.25) is 0 Å². The molecule has 0 radical (unpaired) electrons. The molecule has 0 aliphatic rings. The highest BCUT2D eigenvalue weighted by Crippen LogP contribution is 1.83. The van der Waals surface area contributed by atoms with Crippen molar-refractivity contribution in [3.63, 3.8) is 0 Å². The molecule has 0 aromatic heterocycles. The van der Waals surface area contributed by atoms with Crippen LogP contribution in [-0.2, 0) is 0 Å². The van der Waals surface area contributed by atoms with Gasteiger partial charge >= 0.3 is 0 Å². The van der Waals surface area contributed by atoms with Gasteiger partial charge in [0.1, 0.15) is 5.84 Å². The van der Waals surface area contributed by atoms with E-state index in [2.05, 4.69) is 10.6 Å². The Morgan fingerprint density at radius 3 is 2.75 bits per heavy atom. The first-order valence-electron chi connectivity index (χ1n) is 2.59. The van der Waals surface area contributed by atoms with Crippen LogP contribution in [0.3, 0.4) is 0 Å². The van der Waals surface area contributed by atoms with Crippen LogP contribution in [0.2, 0.25) is 0 Å². The molecule has 5 N–H and O–H groups in total. The summed E-state index contributed by atoms with van der Waals surface area (Å²) in [6.45, 7) is 2.03. The quantitative estimate of drug-likeness (QED) is 0.202. The lowest BCUT2D eigenvalue weighted by atomic mass is 10.3. The Labute approximate surface area is 48.9 Å². The minimum absolute atomic E-state index is 0.551. The normalized spacial score (nSPS) is 11.5. The van der Waals surface area contributed by atoms with Gasteiger partial charge in [-0.25, -0.2) is 11.4 Å². The Morgan fingerprint density at radius 1 is 1.75 bits per heavy atom. The van der Waals surface area contributed by atoms with Crippen molar-refractivity contribution in [1.82, 2.24) is 5.53 Å². The van der Waals surface area contributed by atoms with E-state index in [4.69, 9.17) is 11.6 Å². The van der Waals surface area contributed by atoms with Gasteiger partial charge in [0, 0.05) is 6.42 Å². The summed E-state index contributed by atoms with van der Waals surface area (Å²) in [5.41, 5.74) is 7.42. The number of hydrazine groups is 1. The van der Waals surface area contributed by atoms with Crippen molar-refractivity contribution >= 4 is 5.84 Å². The highest BCUT2D eigenvalue weighted by molar-refractivity contribution is 5.79. The van der Waals surface area contributed by atoms with Crippen molar-refractivity contribution in [1.29, 1.82) is 0 Å². The molecule has 0 fully saturated rings. The van der Waals surface area contributed by atoms with Crippen molar-refractivity contribution in [2.45, 2.75) is 19.8 Å². The summed E-state index contributed by atoms with van der Waals surface area (Å²) < 4.78 is 0. The Balaban J connectivity index is 3.29. The fourth-order valence-corrected chi connectivity index (χ4v) is 0.395. The van der Waals surface area contributed by atoms with E-state index >= 15 is 0 Å². The van der Waals surface area contributed by atoms with Crippen LogP contribution in [0.1, 0.15) is 19.8 Å². The van der Waals surface area contributed by atoms with E-state index in [9.17, 15) is 0 Å². The van der Waals surface area contributed by atoms with E-state index < -0.39 is 0 Å². The molecule has 0 spiro atoms. The molecular weight excluding hydrogens is 104 g/mol. The molecule has 0 aliphatic carbocycles. The maximum Gasteiger partial charge on any atom is 0.121 e. The van der Waals surface area contributed by atoms with Gasteiger partial charge in [-0.2, -0.15) is 5.10 Å². The first-order chi connectivity index (χ1) is 3.81. The minimum Gasteiger partial charge on any atom is -0.386 e. The topological polar surface area (TPSA) is 76.4 Å². The summed E-state index contributed by atoms with van der Waals surface area (Å²) in [7, 11) is 0. The zero-order valence-electron chi connectivity index (χ0n) is 5.02. The summed E-state index contributed by atoms with van der Waals surface area (Å²) in [6.07, 6.45) is 1.79. The Hall–Kier alpha value is -0.770. The molecule has 0 rings (SSSR count). The Morgan fingerprint density at radius 2 is 2.38 bits per heavy atom. The minimum atomic E-state index is 0.551. The van der Waals surface area contributed by atoms with Crippen LogP contribution < -0.4 is 17.1 Å². The number of nitrogens with two attached hydrogens (primary N) is 2. The average molecular weight is 116 g/mol. The molecule has 48 valence electrons. The average Bonchev–Trinajstić information content (AvgIpc) is 1.68. The van der Waals surface area contributed by atoms with Gasteiger partial charge in [-0.15, -0.1) is 0 Å². The van der Waals surface area contributed by atoms with Crippen LogP contribution in [0.25, 0.3) is 0 Å². The largest absolute Gasteiger partial charge is 0.386 e. The number of hydrazone groups is 1. The van der Waals surface area contributed by atoms with Crippen molar-refractivity contribution in [2.75, 3.05) is 0 Å². The highest BCUT2D eigenvalue weighted by Gasteiger charge is 1.84. The molecular formula is C4H12N4. The van der Waals surface area contributed by atoms with E-state index in [1.54, 1.807) is 0 Å². The molecule has 0 amide bonds.